The minimum absolute atomic E-state index is 0.245. The molecule has 1 N–H and O–H groups in total. The fraction of sp³-hybridized carbons (Fsp3) is 0.308. The van der Waals surface area contributed by atoms with Crippen molar-refractivity contribution >= 4 is 33.4 Å². The Morgan fingerprint density at radius 1 is 0.967 bits per heavy atom. The second-order valence-corrected chi connectivity index (χ2v) is 7.52. The number of fused-ring (bicyclic) bond motifs is 2. The van der Waals surface area contributed by atoms with E-state index in [-0.39, 0.29) is 5.91 Å². The fourth-order valence-electron chi connectivity index (χ4n) is 3.87. The molecular formula is C26H29NO3. The highest BCUT2D eigenvalue weighted by Gasteiger charge is 2.24. The van der Waals surface area contributed by atoms with Gasteiger partial charge in [-0.2, -0.15) is 0 Å². The molecule has 0 unspecified atom stereocenters. The molecule has 0 radical (unpaired) electrons. The molecule has 3 aromatic carbocycles. The smallest absolute Gasteiger partial charge is 0.328 e. The van der Waals surface area contributed by atoms with E-state index in [2.05, 4.69) is 18.0 Å². The van der Waals surface area contributed by atoms with Gasteiger partial charge in [-0.15, -0.1) is 6.58 Å². The van der Waals surface area contributed by atoms with Crippen LogP contribution in [-0.4, -0.2) is 25.0 Å². The third-order valence-corrected chi connectivity index (χ3v) is 5.44. The Labute approximate surface area is 177 Å². The van der Waals surface area contributed by atoms with Crippen molar-refractivity contribution in [1.29, 1.82) is 0 Å². The van der Waals surface area contributed by atoms with Gasteiger partial charge in [0.15, 0.2) is 0 Å². The predicted octanol–water partition coefficient (Wildman–Crippen LogP) is 5.79. The number of esters is 1. The monoisotopic (exact) mass is 403 g/mol. The Bertz CT molecular complexity index is 987. The minimum atomic E-state index is -0.653. The first kappa shape index (κ1) is 21.6. The average molecular weight is 404 g/mol. The maximum Gasteiger partial charge on any atom is 0.328 e. The topological polar surface area (TPSA) is 55.4 Å². The number of rotatable bonds is 10. The molecule has 0 aliphatic heterocycles. The molecule has 1 atom stereocenters. The molecule has 3 aromatic rings. The summed E-state index contributed by atoms with van der Waals surface area (Å²) in [4.78, 5) is 25.7. The Hall–Kier alpha value is -3.14. The van der Waals surface area contributed by atoms with E-state index in [0.717, 1.165) is 53.6 Å². The largest absolute Gasteiger partial charge is 0.467 e. The standard InChI is InChI=1S/C26H29NO3/c1-3-4-5-6-7-8-17-23(26(29)30-2)27-25(28)24-21-15-11-9-13-19(21)18-20-14-10-12-16-22(20)24/h3,9-16,18,23H,1,4-8,17H2,2H3,(H,27,28)/t23-/m1/s1. The molecule has 0 spiro atoms. The number of carbonyl (C=O) groups is 2. The van der Waals surface area contributed by atoms with E-state index in [1.807, 2.05) is 54.6 Å². The van der Waals surface area contributed by atoms with Crippen LogP contribution < -0.4 is 5.32 Å². The number of methoxy groups -OCH3 is 1. The van der Waals surface area contributed by atoms with Crippen molar-refractivity contribution in [3.8, 4) is 0 Å². The van der Waals surface area contributed by atoms with Crippen molar-refractivity contribution < 1.29 is 14.3 Å². The Kier molecular flexibility index (Phi) is 7.61. The average Bonchev–Trinajstić information content (AvgIpc) is 2.78. The van der Waals surface area contributed by atoms with E-state index < -0.39 is 12.0 Å². The molecule has 156 valence electrons. The number of unbranched alkanes of at least 4 members (excludes halogenated alkanes) is 4. The van der Waals surface area contributed by atoms with Gasteiger partial charge in [-0.3, -0.25) is 4.79 Å². The lowest BCUT2D eigenvalue weighted by molar-refractivity contribution is -0.143. The van der Waals surface area contributed by atoms with Gasteiger partial charge in [0.05, 0.1) is 12.7 Å². The summed E-state index contributed by atoms with van der Waals surface area (Å²) in [5.41, 5.74) is 0.601. The Morgan fingerprint density at radius 2 is 1.57 bits per heavy atom. The molecule has 0 aliphatic carbocycles. The van der Waals surface area contributed by atoms with Crippen LogP contribution in [0.4, 0.5) is 0 Å². The molecule has 30 heavy (non-hydrogen) atoms. The zero-order valence-electron chi connectivity index (χ0n) is 17.5. The molecule has 0 fully saturated rings. The summed E-state index contributed by atoms with van der Waals surface area (Å²) < 4.78 is 4.95. The van der Waals surface area contributed by atoms with Gasteiger partial charge >= 0.3 is 5.97 Å². The quantitative estimate of drug-likeness (QED) is 0.202. The fourth-order valence-corrected chi connectivity index (χ4v) is 3.87. The maximum atomic E-state index is 13.3. The van der Waals surface area contributed by atoms with Gasteiger partial charge in [-0.05, 0) is 46.9 Å². The zero-order valence-corrected chi connectivity index (χ0v) is 17.5. The summed E-state index contributed by atoms with van der Waals surface area (Å²) in [6, 6.07) is 17.1. The van der Waals surface area contributed by atoms with Crippen LogP contribution >= 0.6 is 0 Å². The summed E-state index contributed by atoms with van der Waals surface area (Å²) in [6.07, 6.45) is 7.54. The van der Waals surface area contributed by atoms with Crippen molar-refractivity contribution in [1.82, 2.24) is 5.32 Å². The van der Waals surface area contributed by atoms with Gasteiger partial charge in [0.1, 0.15) is 6.04 Å². The van der Waals surface area contributed by atoms with Gasteiger partial charge < -0.3 is 10.1 Å². The first-order chi connectivity index (χ1) is 14.7. The molecule has 0 aliphatic rings. The van der Waals surface area contributed by atoms with Crippen molar-refractivity contribution in [2.45, 2.75) is 44.6 Å². The van der Waals surface area contributed by atoms with E-state index in [1.165, 1.54) is 7.11 Å². The highest BCUT2D eigenvalue weighted by atomic mass is 16.5. The van der Waals surface area contributed by atoms with Crippen molar-refractivity contribution in [2.75, 3.05) is 7.11 Å². The SMILES string of the molecule is C=CCCCCCC[C@@H](NC(=O)c1c2ccccc2cc2ccccc12)C(=O)OC. The highest BCUT2D eigenvalue weighted by molar-refractivity contribution is 6.18. The van der Waals surface area contributed by atoms with Crippen LogP contribution in [0.3, 0.4) is 0 Å². The van der Waals surface area contributed by atoms with E-state index >= 15 is 0 Å². The molecule has 0 heterocycles. The van der Waals surface area contributed by atoms with Crippen LogP contribution in [0.25, 0.3) is 21.5 Å². The molecule has 4 heteroatoms. The lowest BCUT2D eigenvalue weighted by Gasteiger charge is -2.18. The molecule has 0 bridgehead atoms. The van der Waals surface area contributed by atoms with Gasteiger partial charge in [0, 0.05) is 0 Å². The first-order valence-corrected chi connectivity index (χ1v) is 10.6. The second kappa shape index (κ2) is 10.6. The van der Waals surface area contributed by atoms with Crippen LogP contribution in [0.5, 0.6) is 0 Å². The van der Waals surface area contributed by atoms with Gasteiger partial charge in [-0.25, -0.2) is 4.79 Å². The Balaban J connectivity index is 1.83. The third kappa shape index (κ3) is 5.07. The lowest BCUT2D eigenvalue weighted by atomic mass is 9.96. The van der Waals surface area contributed by atoms with E-state index in [4.69, 9.17) is 4.74 Å². The summed E-state index contributed by atoms with van der Waals surface area (Å²) >= 11 is 0. The normalized spacial score (nSPS) is 11.9. The number of carbonyl (C=O) groups excluding carboxylic acids is 2. The number of ether oxygens (including phenoxy) is 1. The number of benzene rings is 3. The predicted molar refractivity (Wildman–Crippen MR) is 123 cm³/mol. The summed E-state index contributed by atoms with van der Waals surface area (Å²) in [7, 11) is 1.36. The molecule has 4 nitrogen and oxygen atoms in total. The minimum Gasteiger partial charge on any atom is -0.467 e. The van der Waals surface area contributed by atoms with E-state index in [9.17, 15) is 9.59 Å². The van der Waals surface area contributed by atoms with E-state index in [1.54, 1.807) is 0 Å². The van der Waals surface area contributed by atoms with Gasteiger partial charge in [0.25, 0.3) is 5.91 Å². The van der Waals surface area contributed by atoms with Crippen molar-refractivity contribution in [2.24, 2.45) is 0 Å². The number of nitrogens with one attached hydrogen (secondary N) is 1. The van der Waals surface area contributed by atoms with Crippen molar-refractivity contribution in [3.05, 3.63) is 72.8 Å². The van der Waals surface area contributed by atoms with Gasteiger partial charge in [0.2, 0.25) is 0 Å². The number of hydrogen-bond donors (Lipinski definition) is 1. The lowest BCUT2D eigenvalue weighted by Crippen LogP contribution is -2.41. The number of allylic oxidation sites excluding steroid dienone is 1. The van der Waals surface area contributed by atoms with Crippen LogP contribution in [0, 0.1) is 0 Å². The Morgan fingerprint density at radius 3 is 2.17 bits per heavy atom. The highest BCUT2D eigenvalue weighted by Crippen LogP contribution is 2.28. The van der Waals surface area contributed by atoms with Crippen LogP contribution in [-0.2, 0) is 9.53 Å². The van der Waals surface area contributed by atoms with E-state index in [0.29, 0.717) is 12.0 Å². The second-order valence-electron chi connectivity index (χ2n) is 7.52. The van der Waals surface area contributed by atoms with Crippen LogP contribution in [0.1, 0.15) is 48.9 Å². The van der Waals surface area contributed by atoms with Crippen molar-refractivity contribution in [3.63, 3.8) is 0 Å². The molecule has 3 rings (SSSR count). The zero-order chi connectivity index (χ0) is 21.3. The molecule has 0 saturated carbocycles. The first-order valence-electron chi connectivity index (χ1n) is 10.6. The van der Waals surface area contributed by atoms with Crippen LogP contribution in [0.15, 0.2) is 67.3 Å². The molecule has 0 aromatic heterocycles. The third-order valence-electron chi connectivity index (χ3n) is 5.44. The van der Waals surface area contributed by atoms with Crippen LogP contribution in [0.2, 0.25) is 0 Å². The summed E-state index contributed by atoms with van der Waals surface area (Å²) in [5.74, 6) is -0.649. The number of hydrogen-bond acceptors (Lipinski definition) is 3. The maximum absolute atomic E-state index is 13.3. The van der Waals surface area contributed by atoms with Gasteiger partial charge in [-0.1, -0.05) is 73.9 Å². The summed E-state index contributed by atoms with van der Waals surface area (Å²) in [6.45, 7) is 3.74. The summed E-state index contributed by atoms with van der Waals surface area (Å²) in [5, 5.41) is 6.69. The molecule has 0 saturated heterocycles. The molecule has 1 amide bonds. The molecular weight excluding hydrogens is 374 g/mol. The number of amides is 1.